The molecule has 6 aromatic rings. The Morgan fingerprint density at radius 3 is 0.938 bits per heavy atom. The van der Waals surface area contributed by atoms with E-state index in [1.54, 1.807) is 0 Å². The van der Waals surface area contributed by atoms with Crippen molar-refractivity contribution in [2.75, 3.05) is 0 Å². The molecule has 0 radical (unpaired) electrons. The summed E-state index contributed by atoms with van der Waals surface area (Å²) in [5, 5.41) is 10.8. The number of hydrogen-bond acceptors (Lipinski definition) is 0. The number of halogens is 2. The average Bonchev–Trinajstić information content (AvgIpc) is 3.38. The van der Waals surface area contributed by atoms with Gasteiger partial charge in [-0.3, -0.25) is 0 Å². The van der Waals surface area contributed by atoms with E-state index < -0.39 is 18.9 Å². The van der Waals surface area contributed by atoms with Crippen molar-refractivity contribution >= 4 is 63.3 Å². The molecule has 0 nitrogen and oxygen atoms in total. The van der Waals surface area contributed by atoms with E-state index in [9.17, 15) is 0 Å². The third-order valence-electron chi connectivity index (χ3n) is 5.42. The Morgan fingerprint density at radius 2 is 0.719 bits per heavy atom. The van der Waals surface area contributed by atoms with Crippen LogP contribution in [0.3, 0.4) is 0 Å². The van der Waals surface area contributed by atoms with Crippen LogP contribution < -0.4 is 0 Å². The molecule has 0 saturated heterocycles. The number of hydrogen-bond donors (Lipinski definition) is 0. The zero-order valence-corrected chi connectivity index (χ0v) is 22.1. The van der Waals surface area contributed by atoms with Gasteiger partial charge in [-0.25, -0.2) is 0 Å². The second-order valence-corrected chi connectivity index (χ2v) is 17.3. The van der Waals surface area contributed by atoms with Crippen LogP contribution in [0.1, 0.15) is 13.8 Å². The van der Waals surface area contributed by atoms with E-state index in [1.807, 2.05) is 13.8 Å². The molecule has 0 N–H and O–H groups in total. The van der Waals surface area contributed by atoms with Gasteiger partial charge in [-0.1, -0.05) is 72.8 Å². The van der Waals surface area contributed by atoms with Crippen LogP contribution in [0.2, 0.25) is 0 Å². The summed E-state index contributed by atoms with van der Waals surface area (Å²) in [6.07, 6.45) is 0. The Bertz CT molecular complexity index is 1290. The van der Waals surface area contributed by atoms with Crippen LogP contribution in [0, 0.1) is 0 Å². The smallest absolute Gasteiger partial charge is 0.0771 e. The van der Waals surface area contributed by atoms with Crippen molar-refractivity contribution in [3.05, 3.63) is 109 Å². The first kappa shape index (κ1) is 23.1. The van der Waals surface area contributed by atoms with Crippen LogP contribution >= 0.6 is 17.0 Å². The van der Waals surface area contributed by atoms with Crippen LogP contribution in [0.15, 0.2) is 109 Å². The van der Waals surface area contributed by atoms with Crippen molar-refractivity contribution < 1.29 is 18.9 Å². The van der Waals surface area contributed by atoms with Crippen LogP contribution in [-0.4, -0.2) is 3.21 Å². The second kappa shape index (κ2) is 10.7. The van der Waals surface area contributed by atoms with Crippen LogP contribution in [-0.2, 0) is 18.9 Å². The fraction of sp³-hybridized carbons (Fsp3) is 0.0690. The molecule has 0 aliphatic heterocycles. The van der Waals surface area contributed by atoms with Crippen LogP contribution in [0.5, 0.6) is 0 Å². The molecule has 32 heavy (non-hydrogen) atoms. The van der Waals surface area contributed by atoms with E-state index in [1.165, 1.54) is 46.3 Å². The summed E-state index contributed by atoms with van der Waals surface area (Å²) < 4.78 is 1.24. The van der Waals surface area contributed by atoms with Crippen molar-refractivity contribution in [1.29, 1.82) is 0 Å². The van der Waals surface area contributed by atoms with Crippen molar-refractivity contribution in [1.82, 2.24) is 0 Å². The van der Waals surface area contributed by atoms with Crippen molar-refractivity contribution in [3.8, 4) is 0 Å². The molecule has 0 fully saturated rings. The van der Waals surface area contributed by atoms with Gasteiger partial charge < -0.3 is 0 Å². The maximum Gasteiger partial charge on any atom is -0.0771 e. The van der Waals surface area contributed by atoms with Gasteiger partial charge in [-0.05, 0) is 0 Å². The summed E-state index contributed by atoms with van der Waals surface area (Å²) in [4.78, 5) is 0. The zero-order valence-electron chi connectivity index (χ0n) is 18.1. The molecule has 3 heteroatoms. The third kappa shape index (κ3) is 5.29. The normalized spacial score (nSPS) is 10.5. The zero-order chi connectivity index (χ0) is 22.5. The number of benzene rings is 4. The van der Waals surface area contributed by atoms with Gasteiger partial charge in [-0.15, -0.1) is 79.5 Å². The number of fused-ring (bicyclic) bond motifs is 6. The first-order valence-electron chi connectivity index (χ1n) is 10.6. The van der Waals surface area contributed by atoms with Crippen molar-refractivity contribution in [2.45, 2.75) is 13.8 Å². The predicted octanol–water partition coefficient (Wildman–Crippen LogP) is 9.55. The summed E-state index contributed by atoms with van der Waals surface area (Å²) in [5.74, 6) is 0. The molecular formula is C29H24Cl2Zr-2. The largest absolute Gasteiger partial charge is 0.126 e. The van der Waals surface area contributed by atoms with Crippen molar-refractivity contribution in [2.24, 2.45) is 0 Å². The van der Waals surface area contributed by atoms with E-state index >= 15 is 0 Å². The van der Waals surface area contributed by atoms with Gasteiger partial charge in [0.05, 0.1) is 0 Å². The molecule has 0 aromatic heterocycles. The molecule has 0 spiro atoms. The van der Waals surface area contributed by atoms with E-state index in [-0.39, 0.29) is 0 Å². The van der Waals surface area contributed by atoms with Gasteiger partial charge in [0.25, 0.3) is 0 Å². The minimum absolute atomic E-state index is 1.24. The van der Waals surface area contributed by atoms with E-state index in [4.69, 9.17) is 17.0 Å². The maximum atomic E-state index is 5.54. The molecule has 0 atom stereocenters. The molecule has 6 aromatic carbocycles. The molecule has 0 heterocycles. The fourth-order valence-electron chi connectivity index (χ4n) is 3.81. The molecule has 0 unspecified atom stereocenters. The fourth-order valence-corrected chi connectivity index (χ4v) is 3.81. The van der Waals surface area contributed by atoms with Gasteiger partial charge in [0.15, 0.2) is 0 Å². The molecule has 0 saturated carbocycles. The Labute approximate surface area is 204 Å². The first-order valence-corrected chi connectivity index (χ1v) is 18.2. The Hall–Kier alpha value is -2.05. The summed E-state index contributed by atoms with van der Waals surface area (Å²) >= 11 is -1.84. The quantitative estimate of drug-likeness (QED) is 0.170. The predicted molar refractivity (Wildman–Crippen MR) is 142 cm³/mol. The van der Waals surface area contributed by atoms with Gasteiger partial charge in [0, 0.05) is 0 Å². The summed E-state index contributed by atoms with van der Waals surface area (Å²) in [6, 6.07) is 38.5. The van der Waals surface area contributed by atoms with Crippen molar-refractivity contribution in [3.63, 3.8) is 0 Å². The molecular weight excluding hydrogens is 510 g/mol. The topological polar surface area (TPSA) is 0 Å². The molecule has 0 amide bonds. The van der Waals surface area contributed by atoms with Gasteiger partial charge in [0.1, 0.15) is 0 Å². The second-order valence-electron chi connectivity index (χ2n) is 7.90. The third-order valence-corrected chi connectivity index (χ3v) is 11.8. The van der Waals surface area contributed by atoms with E-state index in [0.29, 0.717) is 0 Å². The molecule has 6 rings (SSSR count). The minimum atomic E-state index is -1.84. The summed E-state index contributed by atoms with van der Waals surface area (Å²) in [7, 11) is 11.1. The molecule has 0 aliphatic rings. The SMILES string of the molecule is C[C](C)=[Zr]([Cl])[Cl].c1ccc2c(c1)[cH-]c1ccccc12.c1ccc2c(c1)[cH-]c1ccccc12. The van der Waals surface area contributed by atoms with Gasteiger partial charge >= 0.3 is 53.0 Å². The van der Waals surface area contributed by atoms with E-state index in [2.05, 4.69) is 109 Å². The van der Waals surface area contributed by atoms with Gasteiger partial charge in [-0.2, -0.15) is 0 Å². The Balaban J connectivity index is 0.000000124. The number of rotatable bonds is 0. The summed E-state index contributed by atoms with van der Waals surface area (Å²) in [6.45, 7) is 3.96. The minimum Gasteiger partial charge on any atom is -0.126 e. The Morgan fingerprint density at radius 1 is 0.500 bits per heavy atom. The molecule has 0 aliphatic carbocycles. The maximum absolute atomic E-state index is 5.54. The monoisotopic (exact) mass is 532 g/mol. The van der Waals surface area contributed by atoms with Gasteiger partial charge in [0.2, 0.25) is 0 Å². The standard InChI is InChI=1S/2C13H9.C3H6.2ClH.Zr/c2*1-3-7-12-10(5-1)9-11-6-2-4-8-13(11)12;1-3-2;;;/h2*1-9H;1-2H3;2*1H;/q2*-1;;;;+2/p-2. The Kier molecular flexibility index (Phi) is 7.74. The van der Waals surface area contributed by atoms with Crippen LogP contribution in [0.25, 0.3) is 43.1 Å². The van der Waals surface area contributed by atoms with E-state index in [0.717, 1.165) is 0 Å². The summed E-state index contributed by atoms with van der Waals surface area (Å²) in [5.41, 5.74) is 0. The molecule has 160 valence electrons. The average molecular weight is 535 g/mol. The molecule has 0 bridgehead atoms. The first-order chi connectivity index (χ1) is 15.5. The van der Waals surface area contributed by atoms with Crippen LogP contribution in [0.4, 0.5) is 0 Å².